The average Bonchev–Trinajstić information content (AvgIpc) is 3.34. The maximum atomic E-state index is 12.7. The molecule has 4 rings (SSSR count). The molecule has 1 saturated heterocycles. The van der Waals surface area contributed by atoms with Crippen LogP contribution in [0.2, 0.25) is 5.02 Å². The van der Waals surface area contributed by atoms with Crippen molar-refractivity contribution in [3.8, 4) is 0 Å². The number of para-hydroxylation sites is 1. The lowest BCUT2D eigenvalue weighted by atomic mass is 10.1. The van der Waals surface area contributed by atoms with E-state index in [0.29, 0.717) is 31.2 Å². The molecule has 1 aromatic heterocycles. The van der Waals surface area contributed by atoms with Gasteiger partial charge in [0.2, 0.25) is 0 Å². The first-order valence-electron chi connectivity index (χ1n) is 11.4. The van der Waals surface area contributed by atoms with Gasteiger partial charge in [0.1, 0.15) is 0 Å². The standard InChI is InChI=1S/C26H28ClN3O4S/c27-21-8-4-5-9-22(21)29-10-12-30(13-11-29)26(34)24(32)23(31)25(33)28-16-20-15-19(17-35-20)14-18-6-2-1-3-7-18/h1-9,15,17,23-24,31-32H,10-14,16H2,(H,28,33)/t23?,24-/m1/s1. The minimum absolute atomic E-state index is 0.215. The van der Waals surface area contributed by atoms with Gasteiger partial charge in [-0.3, -0.25) is 9.59 Å². The maximum Gasteiger partial charge on any atom is 0.254 e. The SMILES string of the molecule is O=C(NCc1cc(Cc2ccccc2)cs1)C(O)[C@@H](O)C(=O)N1CCN(c2ccccc2Cl)CC1. The second-order valence-electron chi connectivity index (χ2n) is 8.45. The predicted octanol–water partition coefficient (Wildman–Crippen LogP) is 2.68. The quantitative estimate of drug-likeness (QED) is 0.430. The van der Waals surface area contributed by atoms with Gasteiger partial charge in [-0.25, -0.2) is 0 Å². The van der Waals surface area contributed by atoms with Crippen molar-refractivity contribution in [3.63, 3.8) is 0 Å². The summed E-state index contributed by atoms with van der Waals surface area (Å²) >= 11 is 7.77. The van der Waals surface area contributed by atoms with Crippen molar-refractivity contribution in [2.24, 2.45) is 0 Å². The molecule has 0 radical (unpaired) electrons. The molecule has 3 aromatic rings. The highest BCUT2D eigenvalue weighted by Gasteiger charge is 2.34. The molecule has 0 spiro atoms. The molecule has 1 aliphatic heterocycles. The van der Waals surface area contributed by atoms with Crippen molar-refractivity contribution in [2.75, 3.05) is 31.1 Å². The molecular formula is C26H28ClN3O4S. The number of rotatable bonds is 8. The number of thiophene rings is 1. The summed E-state index contributed by atoms with van der Waals surface area (Å²) in [5.74, 6) is -1.44. The molecule has 35 heavy (non-hydrogen) atoms. The number of nitrogens with zero attached hydrogens (tertiary/aromatic N) is 2. The minimum atomic E-state index is -1.84. The summed E-state index contributed by atoms with van der Waals surface area (Å²) in [6.07, 6.45) is -2.86. The number of halogens is 1. The van der Waals surface area contributed by atoms with Gasteiger partial charge in [0, 0.05) is 31.1 Å². The summed E-state index contributed by atoms with van der Waals surface area (Å²) in [5.41, 5.74) is 3.23. The Bertz CT molecular complexity index is 1150. The van der Waals surface area contributed by atoms with Crippen LogP contribution in [-0.2, 0) is 22.6 Å². The van der Waals surface area contributed by atoms with Crippen molar-refractivity contribution < 1.29 is 19.8 Å². The maximum absolute atomic E-state index is 12.7. The van der Waals surface area contributed by atoms with E-state index in [1.54, 1.807) is 0 Å². The number of hydrogen-bond donors (Lipinski definition) is 3. The second kappa shape index (κ2) is 11.7. The van der Waals surface area contributed by atoms with Crippen LogP contribution in [0.15, 0.2) is 66.0 Å². The third-order valence-corrected chi connectivity index (χ3v) is 7.31. The van der Waals surface area contributed by atoms with Crippen LogP contribution in [0, 0.1) is 0 Å². The number of carbonyl (C=O) groups is 2. The largest absolute Gasteiger partial charge is 0.380 e. The zero-order valence-corrected chi connectivity index (χ0v) is 20.7. The van der Waals surface area contributed by atoms with Crippen molar-refractivity contribution in [3.05, 3.63) is 87.1 Å². The first-order chi connectivity index (χ1) is 16.9. The molecule has 1 fully saturated rings. The van der Waals surface area contributed by atoms with E-state index in [0.717, 1.165) is 22.5 Å². The number of piperazine rings is 1. The zero-order valence-electron chi connectivity index (χ0n) is 19.1. The second-order valence-corrected chi connectivity index (χ2v) is 9.86. The van der Waals surface area contributed by atoms with Crippen LogP contribution in [0.4, 0.5) is 5.69 Å². The lowest BCUT2D eigenvalue weighted by Crippen LogP contribution is -2.55. The Balaban J connectivity index is 1.24. The smallest absolute Gasteiger partial charge is 0.254 e. The molecule has 7 nitrogen and oxygen atoms in total. The van der Waals surface area contributed by atoms with Crippen LogP contribution in [-0.4, -0.2) is 65.3 Å². The van der Waals surface area contributed by atoms with Gasteiger partial charge in [0.25, 0.3) is 11.8 Å². The van der Waals surface area contributed by atoms with E-state index in [-0.39, 0.29) is 6.54 Å². The molecular weight excluding hydrogens is 486 g/mol. The fourth-order valence-corrected chi connectivity index (χ4v) is 5.15. The Morgan fingerprint density at radius 1 is 0.943 bits per heavy atom. The van der Waals surface area contributed by atoms with E-state index in [4.69, 9.17) is 11.6 Å². The van der Waals surface area contributed by atoms with Gasteiger partial charge in [0.15, 0.2) is 12.2 Å². The van der Waals surface area contributed by atoms with Gasteiger partial charge in [-0.05, 0) is 41.1 Å². The summed E-state index contributed by atoms with van der Waals surface area (Å²) in [5, 5.41) is 26.0. The molecule has 2 atom stereocenters. The number of hydrogen-bond acceptors (Lipinski definition) is 6. The van der Waals surface area contributed by atoms with Crippen molar-refractivity contribution in [2.45, 2.75) is 25.2 Å². The highest BCUT2D eigenvalue weighted by molar-refractivity contribution is 7.10. The number of benzene rings is 2. The van der Waals surface area contributed by atoms with E-state index in [2.05, 4.69) is 22.3 Å². The van der Waals surface area contributed by atoms with Gasteiger partial charge in [0.05, 0.1) is 17.3 Å². The zero-order chi connectivity index (χ0) is 24.8. The van der Waals surface area contributed by atoms with E-state index < -0.39 is 24.0 Å². The molecule has 0 saturated carbocycles. The Hall–Kier alpha value is -2.91. The van der Waals surface area contributed by atoms with Crippen molar-refractivity contribution in [1.29, 1.82) is 0 Å². The molecule has 2 heterocycles. The number of nitrogens with one attached hydrogen (secondary N) is 1. The molecule has 0 bridgehead atoms. The van der Waals surface area contributed by atoms with Gasteiger partial charge in [-0.2, -0.15) is 0 Å². The number of carbonyl (C=O) groups excluding carboxylic acids is 2. The van der Waals surface area contributed by atoms with Gasteiger partial charge >= 0.3 is 0 Å². The molecule has 2 amide bonds. The van der Waals surface area contributed by atoms with Crippen LogP contribution >= 0.6 is 22.9 Å². The summed E-state index contributed by atoms with van der Waals surface area (Å²) in [7, 11) is 0. The molecule has 9 heteroatoms. The lowest BCUT2D eigenvalue weighted by molar-refractivity contribution is -0.153. The first kappa shape index (κ1) is 25.2. The Kier molecular flexibility index (Phi) is 8.41. The summed E-state index contributed by atoms with van der Waals surface area (Å²) in [4.78, 5) is 29.6. The fraction of sp³-hybridized carbons (Fsp3) is 0.308. The van der Waals surface area contributed by atoms with Gasteiger partial charge in [-0.15, -0.1) is 11.3 Å². The monoisotopic (exact) mass is 513 g/mol. The average molecular weight is 514 g/mol. The van der Waals surface area contributed by atoms with Crippen LogP contribution in [0.1, 0.15) is 16.0 Å². The van der Waals surface area contributed by atoms with E-state index in [1.165, 1.54) is 21.8 Å². The van der Waals surface area contributed by atoms with Crippen LogP contribution in [0.3, 0.4) is 0 Å². The highest BCUT2D eigenvalue weighted by atomic mass is 35.5. The van der Waals surface area contributed by atoms with Crippen molar-refractivity contribution >= 4 is 40.4 Å². The topological polar surface area (TPSA) is 93.1 Å². The number of aliphatic hydroxyl groups is 2. The van der Waals surface area contributed by atoms with Gasteiger partial charge < -0.3 is 25.3 Å². The number of anilines is 1. The van der Waals surface area contributed by atoms with Crippen molar-refractivity contribution in [1.82, 2.24) is 10.2 Å². The van der Waals surface area contributed by atoms with Crippen LogP contribution in [0.25, 0.3) is 0 Å². The summed E-state index contributed by atoms with van der Waals surface area (Å²) < 4.78 is 0. The van der Waals surface area contributed by atoms with E-state index >= 15 is 0 Å². The van der Waals surface area contributed by atoms with E-state index in [9.17, 15) is 19.8 Å². The minimum Gasteiger partial charge on any atom is -0.380 e. The molecule has 1 unspecified atom stereocenters. The fourth-order valence-electron chi connectivity index (χ4n) is 4.06. The molecule has 184 valence electrons. The predicted molar refractivity (Wildman–Crippen MR) is 138 cm³/mol. The summed E-state index contributed by atoms with van der Waals surface area (Å²) in [6.45, 7) is 2.00. The molecule has 2 aromatic carbocycles. The Morgan fingerprint density at radius 3 is 2.34 bits per heavy atom. The number of amides is 2. The molecule has 0 aliphatic carbocycles. The lowest BCUT2D eigenvalue weighted by Gasteiger charge is -2.37. The Labute approximate surface area is 213 Å². The highest BCUT2D eigenvalue weighted by Crippen LogP contribution is 2.26. The third kappa shape index (κ3) is 6.41. The van der Waals surface area contributed by atoms with E-state index in [1.807, 2.05) is 53.9 Å². The normalized spacial score (nSPS) is 15.5. The molecule has 1 aliphatic rings. The Morgan fingerprint density at radius 2 is 1.63 bits per heavy atom. The molecule has 3 N–H and O–H groups in total. The van der Waals surface area contributed by atoms with Crippen LogP contribution in [0.5, 0.6) is 0 Å². The first-order valence-corrected chi connectivity index (χ1v) is 12.7. The van der Waals surface area contributed by atoms with Crippen LogP contribution < -0.4 is 10.2 Å². The number of aliphatic hydroxyl groups excluding tert-OH is 2. The summed E-state index contributed by atoms with van der Waals surface area (Å²) in [6, 6.07) is 19.6. The van der Waals surface area contributed by atoms with Gasteiger partial charge in [-0.1, -0.05) is 54.1 Å². The third-order valence-electron chi connectivity index (χ3n) is 6.00.